The molecule has 0 spiro atoms. The highest BCUT2D eigenvalue weighted by Gasteiger charge is 2.42. The average Bonchev–Trinajstić information content (AvgIpc) is 2.93. The summed E-state index contributed by atoms with van der Waals surface area (Å²) < 4.78 is 22.4. The SMILES string of the molecule is NCC1(CNC(=O)C2CCS(=O)(=O)C2)CC1. The summed E-state index contributed by atoms with van der Waals surface area (Å²) in [5.74, 6) is -0.318. The molecule has 0 bridgehead atoms. The fourth-order valence-corrected chi connectivity index (χ4v) is 3.79. The molecule has 0 aromatic heterocycles. The normalized spacial score (nSPS) is 29.9. The first kappa shape index (κ1) is 11.9. The maximum absolute atomic E-state index is 11.7. The van der Waals surface area contributed by atoms with Crippen LogP contribution in [0.25, 0.3) is 0 Å². The summed E-state index contributed by atoms with van der Waals surface area (Å²) in [6.07, 6.45) is 2.59. The smallest absolute Gasteiger partial charge is 0.224 e. The summed E-state index contributed by atoms with van der Waals surface area (Å²) in [5, 5.41) is 2.83. The number of carbonyl (C=O) groups excluding carboxylic acids is 1. The molecule has 1 saturated carbocycles. The highest BCUT2D eigenvalue weighted by Crippen LogP contribution is 2.43. The standard InChI is InChI=1S/C10H18N2O3S/c11-6-10(2-3-10)7-12-9(13)8-1-4-16(14,15)5-8/h8H,1-7,11H2,(H,12,13). The zero-order valence-electron chi connectivity index (χ0n) is 9.24. The van der Waals surface area contributed by atoms with E-state index in [1.54, 1.807) is 0 Å². The lowest BCUT2D eigenvalue weighted by Gasteiger charge is -2.15. The van der Waals surface area contributed by atoms with Gasteiger partial charge in [0, 0.05) is 6.54 Å². The van der Waals surface area contributed by atoms with Gasteiger partial charge >= 0.3 is 0 Å². The molecule has 0 aromatic rings. The summed E-state index contributed by atoms with van der Waals surface area (Å²) in [7, 11) is -2.97. The lowest BCUT2D eigenvalue weighted by molar-refractivity contribution is -0.124. The molecule has 6 heteroatoms. The minimum Gasteiger partial charge on any atom is -0.355 e. The second-order valence-corrected chi connectivity index (χ2v) is 7.25. The van der Waals surface area contributed by atoms with Gasteiger partial charge in [0.1, 0.15) is 0 Å². The van der Waals surface area contributed by atoms with E-state index in [1.165, 1.54) is 0 Å². The van der Waals surface area contributed by atoms with E-state index in [4.69, 9.17) is 5.73 Å². The highest BCUT2D eigenvalue weighted by atomic mass is 32.2. The van der Waals surface area contributed by atoms with Crippen molar-refractivity contribution in [2.24, 2.45) is 17.1 Å². The lowest BCUT2D eigenvalue weighted by Crippen LogP contribution is -2.37. The van der Waals surface area contributed by atoms with Crippen LogP contribution in [0.2, 0.25) is 0 Å². The number of nitrogens with two attached hydrogens (primary N) is 1. The Hall–Kier alpha value is -0.620. The molecular weight excluding hydrogens is 228 g/mol. The van der Waals surface area contributed by atoms with Crippen molar-refractivity contribution in [1.29, 1.82) is 0 Å². The highest BCUT2D eigenvalue weighted by molar-refractivity contribution is 7.91. The first-order valence-corrected chi connectivity index (χ1v) is 7.47. The third-order valence-electron chi connectivity index (χ3n) is 3.63. The molecule has 1 saturated heterocycles. The minimum atomic E-state index is -2.97. The van der Waals surface area contributed by atoms with Crippen molar-refractivity contribution in [1.82, 2.24) is 5.32 Å². The zero-order chi connectivity index (χ0) is 11.8. The predicted molar refractivity (Wildman–Crippen MR) is 60.5 cm³/mol. The van der Waals surface area contributed by atoms with E-state index in [-0.39, 0.29) is 28.7 Å². The van der Waals surface area contributed by atoms with Gasteiger partial charge in [0.15, 0.2) is 9.84 Å². The molecule has 2 rings (SSSR count). The Labute approximate surface area is 95.7 Å². The van der Waals surface area contributed by atoms with Crippen LogP contribution in [0.15, 0.2) is 0 Å². The molecule has 1 amide bonds. The van der Waals surface area contributed by atoms with E-state index in [9.17, 15) is 13.2 Å². The summed E-state index contributed by atoms with van der Waals surface area (Å²) in [5.41, 5.74) is 5.71. The second kappa shape index (κ2) is 4.00. The third kappa shape index (κ3) is 2.55. The molecule has 0 aromatic carbocycles. The topological polar surface area (TPSA) is 89.3 Å². The predicted octanol–water partition coefficient (Wildman–Crippen LogP) is -0.724. The van der Waals surface area contributed by atoms with Gasteiger partial charge < -0.3 is 11.1 Å². The number of rotatable bonds is 4. The molecule has 2 aliphatic rings. The van der Waals surface area contributed by atoms with E-state index < -0.39 is 9.84 Å². The fourth-order valence-electron chi connectivity index (χ4n) is 2.05. The Morgan fingerprint density at radius 2 is 2.12 bits per heavy atom. The van der Waals surface area contributed by atoms with Gasteiger partial charge in [-0.05, 0) is 31.2 Å². The average molecular weight is 246 g/mol. The third-order valence-corrected chi connectivity index (χ3v) is 5.40. The molecular formula is C10H18N2O3S. The molecule has 1 heterocycles. The fraction of sp³-hybridized carbons (Fsp3) is 0.900. The molecule has 92 valence electrons. The molecule has 1 unspecified atom stereocenters. The van der Waals surface area contributed by atoms with E-state index in [2.05, 4.69) is 5.32 Å². The maximum atomic E-state index is 11.7. The number of carbonyl (C=O) groups is 1. The Morgan fingerprint density at radius 3 is 2.56 bits per heavy atom. The van der Waals surface area contributed by atoms with Crippen molar-refractivity contribution in [2.45, 2.75) is 19.3 Å². The molecule has 1 atom stereocenters. The van der Waals surface area contributed by atoms with Crippen LogP contribution in [0, 0.1) is 11.3 Å². The monoisotopic (exact) mass is 246 g/mol. The zero-order valence-corrected chi connectivity index (χ0v) is 10.1. The minimum absolute atomic E-state index is 0.00839. The van der Waals surface area contributed by atoms with Crippen LogP contribution in [0.5, 0.6) is 0 Å². The Morgan fingerprint density at radius 1 is 1.44 bits per heavy atom. The van der Waals surface area contributed by atoms with Crippen LogP contribution >= 0.6 is 0 Å². The Kier molecular flexibility index (Phi) is 2.96. The lowest BCUT2D eigenvalue weighted by atomic mass is 10.1. The van der Waals surface area contributed by atoms with Crippen LogP contribution in [0.1, 0.15) is 19.3 Å². The van der Waals surface area contributed by atoms with Crippen LogP contribution in [0.4, 0.5) is 0 Å². The van der Waals surface area contributed by atoms with Crippen molar-refractivity contribution in [3.05, 3.63) is 0 Å². The Balaban J connectivity index is 1.81. The van der Waals surface area contributed by atoms with Gasteiger partial charge in [0.2, 0.25) is 5.91 Å². The molecule has 1 aliphatic carbocycles. The second-order valence-electron chi connectivity index (χ2n) is 5.02. The largest absolute Gasteiger partial charge is 0.355 e. The molecule has 5 nitrogen and oxygen atoms in total. The van der Waals surface area contributed by atoms with Crippen LogP contribution in [0.3, 0.4) is 0 Å². The molecule has 1 aliphatic heterocycles. The van der Waals surface area contributed by atoms with Crippen molar-refractivity contribution < 1.29 is 13.2 Å². The summed E-state index contributed by atoms with van der Waals surface area (Å²) in [4.78, 5) is 11.7. The van der Waals surface area contributed by atoms with E-state index >= 15 is 0 Å². The first-order chi connectivity index (χ1) is 7.46. The molecule has 16 heavy (non-hydrogen) atoms. The van der Waals surface area contributed by atoms with Gasteiger partial charge in [0.25, 0.3) is 0 Å². The maximum Gasteiger partial charge on any atom is 0.224 e. The van der Waals surface area contributed by atoms with Crippen LogP contribution < -0.4 is 11.1 Å². The number of amides is 1. The summed E-state index contributed by atoms with van der Waals surface area (Å²) >= 11 is 0. The van der Waals surface area contributed by atoms with Crippen molar-refractivity contribution in [2.75, 3.05) is 24.6 Å². The van der Waals surface area contributed by atoms with E-state index in [0.29, 0.717) is 19.5 Å². The van der Waals surface area contributed by atoms with Crippen molar-refractivity contribution in [3.63, 3.8) is 0 Å². The van der Waals surface area contributed by atoms with Gasteiger partial charge in [-0.2, -0.15) is 0 Å². The number of hydrogen-bond acceptors (Lipinski definition) is 4. The quantitative estimate of drug-likeness (QED) is 0.685. The Bertz CT molecular complexity index is 387. The van der Waals surface area contributed by atoms with Crippen LogP contribution in [-0.2, 0) is 14.6 Å². The van der Waals surface area contributed by atoms with Gasteiger partial charge in [-0.15, -0.1) is 0 Å². The van der Waals surface area contributed by atoms with E-state index in [0.717, 1.165) is 12.8 Å². The molecule has 0 radical (unpaired) electrons. The van der Waals surface area contributed by atoms with Gasteiger partial charge in [0.05, 0.1) is 17.4 Å². The number of sulfone groups is 1. The van der Waals surface area contributed by atoms with E-state index in [1.807, 2.05) is 0 Å². The number of nitrogens with one attached hydrogen (secondary N) is 1. The van der Waals surface area contributed by atoms with Gasteiger partial charge in [-0.3, -0.25) is 4.79 Å². The van der Waals surface area contributed by atoms with Crippen molar-refractivity contribution >= 4 is 15.7 Å². The van der Waals surface area contributed by atoms with Gasteiger partial charge in [-0.1, -0.05) is 0 Å². The van der Waals surface area contributed by atoms with Crippen LogP contribution in [-0.4, -0.2) is 38.9 Å². The first-order valence-electron chi connectivity index (χ1n) is 5.65. The number of hydrogen-bond donors (Lipinski definition) is 2. The molecule has 2 fully saturated rings. The van der Waals surface area contributed by atoms with Crippen molar-refractivity contribution in [3.8, 4) is 0 Å². The van der Waals surface area contributed by atoms with Gasteiger partial charge in [-0.25, -0.2) is 8.42 Å². The summed E-state index contributed by atoms with van der Waals surface area (Å²) in [6.45, 7) is 1.19. The summed E-state index contributed by atoms with van der Waals surface area (Å²) in [6, 6.07) is 0. The molecule has 3 N–H and O–H groups in total.